The van der Waals surface area contributed by atoms with Crippen LogP contribution in [-0.2, 0) is 4.79 Å². The molecule has 0 spiro atoms. The van der Waals surface area contributed by atoms with E-state index in [1.54, 1.807) is 11.9 Å². The van der Waals surface area contributed by atoms with Gasteiger partial charge in [-0.15, -0.1) is 0 Å². The van der Waals surface area contributed by atoms with Crippen molar-refractivity contribution in [3.63, 3.8) is 0 Å². The van der Waals surface area contributed by atoms with Gasteiger partial charge in [0.2, 0.25) is 5.91 Å². The van der Waals surface area contributed by atoms with Gasteiger partial charge in [0.15, 0.2) is 0 Å². The molecule has 1 fully saturated rings. The Hall–Kier alpha value is -1.13. The molecule has 0 aromatic heterocycles. The zero-order chi connectivity index (χ0) is 12.4. The van der Waals surface area contributed by atoms with Gasteiger partial charge < -0.3 is 10.2 Å². The highest BCUT2D eigenvalue weighted by molar-refractivity contribution is 6.33. The molecule has 5 heteroatoms. The second kappa shape index (κ2) is 5.02. The van der Waals surface area contributed by atoms with Crippen LogP contribution >= 0.6 is 11.6 Å². The normalized spacial score (nSPS) is 20.8. The van der Waals surface area contributed by atoms with Crippen LogP contribution in [0.3, 0.4) is 0 Å². The standard InChI is InChI=1S/C12H14ClFN2O/c1-15-10-3-2-6-16(12(10)17)11-7-8(14)4-5-9(11)13/h4-5,7,10,15H,2-3,6H2,1H3. The predicted octanol–water partition coefficient (Wildman–Crippen LogP) is 2.19. The van der Waals surface area contributed by atoms with E-state index < -0.39 is 0 Å². The van der Waals surface area contributed by atoms with Crippen molar-refractivity contribution >= 4 is 23.2 Å². The lowest BCUT2D eigenvalue weighted by molar-refractivity contribution is -0.121. The lowest BCUT2D eigenvalue weighted by atomic mass is 10.0. The zero-order valence-corrected chi connectivity index (χ0v) is 10.3. The Morgan fingerprint density at radius 1 is 1.53 bits per heavy atom. The fourth-order valence-electron chi connectivity index (χ4n) is 2.07. The summed E-state index contributed by atoms with van der Waals surface area (Å²) in [6, 6.07) is 3.86. The first kappa shape index (κ1) is 12.3. The van der Waals surface area contributed by atoms with Crippen LogP contribution in [0.5, 0.6) is 0 Å². The van der Waals surface area contributed by atoms with Crippen LogP contribution in [-0.4, -0.2) is 25.5 Å². The summed E-state index contributed by atoms with van der Waals surface area (Å²) in [5.74, 6) is -0.435. The number of halogens is 2. The number of amides is 1. The SMILES string of the molecule is CNC1CCCN(c2cc(F)ccc2Cl)C1=O. The Bertz CT molecular complexity index is 439. The summed E-state index contributed by atoms with van der Waals surface area (Å²) in [5.41, 5.74) is 0.455. The molecule has 1 unspecified atom stereocenters. The molecule has 1 aliphatic heterocycles. The number of hydrogen-bond donors (Lipinski definition) is 1. The molecule has 0 saturated carbocycles. The lowest BCUT2D eigenvalue weighted by Gasteiger charge is -2.32. The van der Waals surface area contributed by atoms with E-state index in [9.17, 15) is 9.18 Å². The van der Waals surface area contributed by atoms with Gasteiger partial charge in [0.25, 0.3) is 0 Å². The zero-order valence-electron chi connectivity index (χ0n) is 9.54. The summed E-state index contributed by atoms with van der Waals surface area (Å²) in [7, 11) is 1.75. The van der Waals surface area contributed by atoms with Crippen molar-refractivity contribution < 1.29 is 9.18 Å². The van der Waals surface area contributed by atoms with Gasteiger partial charge in [0.1, 0.15) is 5.82 Å². The van der Waals surface area contributed by atoms with Gasteiger partial charge in [-0.05, 0) is 38.1 Å². The van der Waals surface area contributed by atoms with Crippen molar-refractivity contribution in [2.24, 2.45) is 0 Å². The first-order valence-electron chi connectivity index (χ1n) is 5.57. The Labute approximate surface area is 105 Å². The van der Waals surface area contributed by atoms with Crippen LogP contribution < -0.4 is 10.2 Å². The van der Waals surface area contributed by atoms with E-state index in [1.807, 2.05) is 0 Å². The molecule has 1 aromatic rings. The summed E-state index contributed by atoms with van der Waals surface area (Å²) in [6.45, 7) is 0.584. The average Bonchev–Trinajstić information content (AvgIpc) is 2.33. The Kier molecular flexibility index (Phi) is 3.64. The second-order valence-electron chi connectivity index (χ2n) is 4.07. The van der Waals surface area contributed by atoms with Gasteiger partial charge >= 0.3 is 0 Å². The number of piperidine rings is 1. The predicted molar refractivity (Wildman–Crippen MR) is 65.8 cm³/mol. The van der Waals surface area contributed by atoms with Gasteiger partial charge in [0.05, 0.1) is 16.8 Å². The Morgan fingerprint density at radius 3 is 3.00 bits per heavy atom. The number of rotatable bonds is 2. The summed E-state index contributed by atoms with van der Waals surface area (Å²) in [4.78, 5) is 13.7. The van der Waals surface area contributed by atoms with E-state index in [1.165, 1.54) is 18.2 Å². The highest BCUT2D eigenvalue weighted by Gasteiger charge is 2.29. The maximum absolute atomic E-state index is 13.2. The second-order valence-corrected chi connectivity index (χ2v) is 4.48. The highest BCUT2D eigenvalue weighted by atomic mass is 35.5. The van der Waals surface area contributed by atoms with Gasteiger partial charge in [-0.25, -0.2) is 4.39 Å². The fourth-order valence-corrected chi connectivity index (χ4v) is 2.29. The molecule has 1 aliphatic rings. The van der Waals surface area contributed by atoms with Crippen molar-refractivity contribution in [2.75, 3.05) is 18.5 Å². The first-order valence-corrected chi connectivity index (χ1v) is 5.95. The molecular weight excluding hydrogens is 243 g/mol. The van der Waals surface area contributed by atoms with Crippen molar-refractivity contribution in [2.45, 2.75) is 18.9 Å². The number of carbonyl (C=O) groups excluding carboxylic acids is 1. The Balaban J connectivity index is 2.32. The molecule has 2 rings (SSSR count). The third kappa shape index (κ3) is 2.42. The summed E-state index contributed by atoms with van der Waals surface area (Å²) >= 11 is 6.00. The first-order chi connectivity index (χ1) is 8.13. The van der Waals surface area contributed by atoms with Crippen LogP contribution in [0.1, 0.15) is 12.8 Å². The number of carbonyl (C=O) groups is 1. The third-order valence-electron chi connectivity index (χ3n) is 2.99. The smallest absolute Gasteiger partial charge is 0.244 e. The molecule has 3 nitrogen and oxygen atoms in total. The minimum Gasteiger partial charge on any atom is -0.309 e. The third-order valence-corrected chi connectivity index (χ3v) is 3.31. The molecule has 0 aliphatic carbocycles. The molecule has 1 amide bonds. The maximum atomic E-state index is 13.2. The van der Waals surface area contributed by atoms with Crippen molar-refractivity contribution in [1.82, 2.24) is 5.32 Å². The van der Waals surface area contributed by atoms with Crippen LogP contribution in [0.2, 0.25) is 5.02 Å². The number of nitrogens with zero attached hydrogens (tertiary/aromatic N) is 1. The minimum absolute atomic E-state index is 0.0498. The molecule has 0 radical (unpaired) electrons. The maximum Gasteiger partial charge on any atom is 0.244 e. The molecular formula is C12H14ClFN2O. The van der Waals surface area contributed by atoms with Crippen molar-refractivity contribution in [3.05, 3.63) is 29.0 Å². The molecule has 1 aromatic carbocycles. The fraction of sp³-hybridized carbons (Fsp3) is 0.417. The molecule has 1 N–H and O–H groups in total. The molecule has 0 bridgehead atoms. The van der Waals surface area contributed by atoms with Gasteiger partial charge in [0, 0.05) is 6.54 Å². The molecule has 1 heterocycles. The molecule has 92 valence electrons. The van der Waals surface area contributed by atoms with E-state index >= 15 is 0 Å². The van der Waals surface area contributed by atoms with Crippen LogP contribution in [0, 0.1) is 5.82 Å². The largest absolute Gasteiger partial charge is 0.309 e. The van der Waals surface area contributed by atoms with E-state index in [0.717, 1.165) is 12.8 Å². The van der Waals surface area contributed by atoms with Gasteiger partial charge in [-0.1, -0.05) is 11.6 Å². The summed E-state index contributed by atoms with van der Waals surface area (Å²) in [6.07, 6.45) is 1.68. The topological polar surface area (TPSA) is 32.3 Å². The number of nitrogens with one attached hydrogen (secondary N) is 1. The van der Waals surface area contributed by atoms with E-state index in [-0.39, 0.29) is 17.8 Å². The lowest BCUT2D eigenvalue weighted by Crippen LogP contribution is -2.49. The van der Waals surface area contributed by atoms with Crippen LogP contribution in [0.25, 0.3) is 0 Å². The number of benzene rings is 1. The van der Waals surface area contributed by atoms with E-state index in [0.29, 0.717) is 17.3 Å². The quantitative estimate of drug-likeness (QED) is 0.880. The number of hydrogen-bond acceptors (Lipinski definition) is 2. The number of likely N-dealkylation sites (N-methyl/N-ethyl adjacent to an activating group) is 1. The van der Waals surface area contributed by atoms with Crippen molar-refractivity contribution in [3.8, 4) is 0 Å². The van der Waals surface area contributed by atoms with Crippen molar-refractivity contribution in [1.29, 1.82) is 0 Å². The minimum atomic E-state index is -0.385. The van der Waals surface area contributed by atoms with E-state index in [4.69, 9.17) is 11.6 Å². The average molecular weight is 257 g/mol. The Morgan fingerprint density at radius 2 is 2.29 bits per heavy atom. The van der Waals surface area contributed by atoms with E-state index in [2.05, 4.69) is 5.32 Å². The molecule has 1 atom stereocenters. The van der Waals surface area contributed by atoms with Crippen LogP contribution in [0.15, 0.2) is 18.2 Å². The highest BCUT2D eigenvalue weighted by Crippen LogP contribution is 2.29. The van der Waals surface area contributed by atoms with Crippen LogP contribution in [0.4, 0.5) is 10.1 Å². The van der Waals surface area contributed by atoms with Gasteiger partial charge in [-0.3, -0.25) is 4.79 Å². The molecule has 1 saturated heterocycles. The van der Waals surface area contributed by atoms with Gasteiger partial charge in [-0.2, -0.15) is 0 Å². The summed E-state index contributed by atoms with van der Waals surface area (Å²) in [5, 5.41) is 3.36. The summed E-state index contributed by atoms with van der Waals surface area (Å²) < 4.78 is 13.2. The monoisotopic (exact) mass is 256 g/mol. The molecule has 17 heavy (non-hydrogen) atoms. The number of anilines is 1.